The molecule has 1 N–H and O–H groups in total. The van der Waals surface area contributed by atoms with Crippen LogP contribution in [0.1, 0.15) is 25.8 Å². The first-order valence-corrected chi connectivity index (χ1v) is 8.62. The number of ether oxygens (including phenoxy) is 1. The van der Waals surface area contributed by atoms with Crippen LogP contribution in [0.25, 0.3) is 10.9 Å². The molecule has 0 amide bonds. The Kier molecular flexibility index (Phi) is 5.23. The molecular formula is C19H18ClN3O3. The van der Waals surface area contributed by atoms with Gasteiger partial charge in [0.05, 0.1) is 23.2 Å². The molecule has 2 aromatic carbocycles. The molecule has 0 saturated heterocycles. The van der Waals surface area contributed by atoms with Gasteiger partial charge in [0.2, 0.25) is 0 Å². The zero-order valence-corrected chi connectivity index (χ0v) is 15.2. The summed E-state index contributed by atoms with van der Waals surface area (Å²) in [6.45, 7) is 3.97. The van der Waals surface area contributed by atoms with Crippen LogP contribution < -0.4 is 16.0 Å². The Bertz CT molecular complexity index is 1090. The molecule has 0 saturated carbocycles. The number of para-hydroxylation sites is 1. The number of hydrogen-bond acceptors (Lipinski definition) is 4. The molecule has 6 nitrogen and oxygen atoms in total. The molecule has 134 valence electrons. The van der Waals surface area contributed by atoms with Gasteiger partial charge in [-0.1, -0.05) is 30.7 Å². The number of benzene rings is 2. The van der Waals surface area contributed by atoms with Crippen molar-refractivity contribution in [2.24, 2.45) is 5.10 Å². The Morgan fingerprint density at radius 3 is 2.81 bits per heavy atom. The third-order valence-electron chi connectivity index (χ3n) is 3.97. The summed E-state index contributed by atoms with van der Waals surface area (Å²) in [6.07, 6.45) is 2.24. The van der Waals surface area contributed by atoms with Crippen LogP contribution >= 0.6 is 11.6 Å². The minimum atomic E-state index is -0.614. The van der Waals surface area contributed by atoms with E-state index in [0.29, 0.717) is 27.2 Å². The number of H-pyrrole nitrogens is 1. The number of aromatic amines is 1. The third-order valence-corrected chi connectivity index (χ3v) is 4.21. The zero-order valence-electron chi connectivity index (χ0n) is 14.4. The predicted molar refractivity (Wildman–Crippen MR) is 104 cm³/mol. The van der Waals surface area contributed by atoms with Gasteiger partial charge >= 0.3 is 5.69 Å². The third kappa shape index (κ3) is 3.70. The summed E-state index contributed by atoms with van der Waals surface area (Å²) in [4.78, 5) is 27.3. The predicted octanol–water partition coefficient (Wildman–Crippen LogP) is 3.40. The van der Waals surface area contributed by atoms with E-state index in [4.69, 9.17) is 16.3 Å². The lowest BCUT2D eigenvalue weighted by atomic mass is 10.2. The molecule has 0 aliphatic carbocycles. The normalized spacial score (nSPS) is 12.6. The fourth-order valence-corrected chi connectivity index (χ4v) is 2.59. The molecule has 3 aromatic rings. The van der Waals surface area contributed by atoms with Gasteiger partial charge in [-0.15, -0.1) is 4.68 Å². The average molecular weight is 372 g/mol. The molecule has 7 heteroatoms. The summed E-state index contributed by atoms with van der Waals surface area (Å²) in [5.74, 6) is 0.581. The molecule has 0 spiro atoms. The Labute approximate surface area is 154 Å². The first kappa shape index (κ1) is 17.9. The number of hydrogen-bond donors (Lipinski definition) is 1. The fraction of sp³-hybridized carbons (Fsp3) is 0.211. The topological polar surface area (TPSA) is 76.5 Å². The van der Waals surface area contributed by atoms with Gasteiger partial charge in [-0.05, 0) is 43.7 Å². The molecule has 1 atom stereocenters. The van der Waals surface area contributed by atoms with Gasteiger partial charge in [-0.2, -0.15) is 5.10 Å². The minimum Gasteiger partial charge on any atom is -0.490 e. The van der Waals surface area contributed by atoms with Gasteiger partial charge in [-0.25, -0.2) is 4.79 Å². The van der Waals surface area contributed by atoms with E-state index in [1.807, 2.05) is 13.8 Å². The molecule has 0 fully saturated rings. The van der Waals surface area contributed by atoms with E-state index < -0.39 is 11.2 Å². The highest BCUT2D eigenvalue weighted by Gasteiger charge is 2.09. The van der Waals surface area contributed by atoms with Crippen LogP contribution in [0.5, 0.6) is 5.75 Å². The van der Waals surface area contributed by atoms with Crippen molar-refractivity contribution in [3.8, 4) is 5.75 Å². The summed E-state index contributed by atoms with van der Waals surface area (Å²) < 4.78 is 6.63. The maximum absolute atomic E-state index is 12.5. The summed E-state index contributed by atoms with van der Waals surface area (Å²) in [6, 6.07) is 11.9. The van der Waals surface area contributed by atoms with Crippen LogP contribution in [0.3, 0.4) is 0 Å². The Hall–Kier alpha value is -2.86. The highest BCUT2D eigenvalue weighted by molar-refractivity contribution is 6.30. The van der Waals surface area contributed by atoms with Crippen LogP contribution in [0, 0.1) is 0 Å². The van der Waals surface area contributed by atoms with Crippen molar-refractivity contribution >= 4 is 28.7 Å². The zero-order chi connectivity index (χ0) is 18.7. The second kappa shape index (κ2) is 7.58. The number of rotatable bonds is 5. The Balaban J connectivity index is 2.06. The van der Waals surface area contributed by atoms with E-state index >= 15 is 0 Å². The second-order valence-corrected chi connectivity index (χ2v) is 6.29. The SMILES string of the molecule is CCC(C)Oc1ccc(Cl)cc1C=Nn1c(=O)[nH]c2ccccc2c1=O. The smallest absolute Gasteiger partial charge is 0.349 e. The molecule has 26 heavy (non-hydrogen) atoms. The Morgan fingerprint density at radius 2 is 2.04 bits per heavy atom. The van der Waals surface area contributed by atoms with Gasteiger partial charge < -0.3 is 9.72 Å². The number of aromatic nitrogens is 2. The maximum Gasteiger partial charge on any atom is 0.349 e. The quantitative estimate of drug-likeness (QED) is 0.698. The van der Waals surface area contributed by atoms with Gasteiger partial charge in [0.1, 0.15) is 5.75 Å². The van der Waals surface area contributed by atoms with E-state index in [-0.39, 0.29) is 6.10 Å². The number of nitrogens with zero attached hydrogens (tertiary/aromatic N) is 2. The van der Waals surface area contributed by atoms with Crippen molar-refractivity contribution in [2.45, 2.75) is 26.4 Å². The largest absolute Gasteiger partial charge is 0.490 e. The lowest BCUT2D eigenvalue weighted by Gasteiger charge is -2.14. The maximum atomic E-state index is 12.5. The molecule has 1 unspecified atom stereocenters. The highest BCUT2D eigenvalue weighted by Crippen LogP contribution is 2.23. The van der Waals surface area contributed by atoms with Gasteiger partial charge in [-0.3, -0.25) is 4.79 Å². The van der Waals surface area contributed by atoms with Crippen molar-refractivity contribution < 1.29 is 4.74 Å². The van der Waals surface area contributed by atoms with Crippen molar-refractivity contribution in [1.29, 1.82) is 0 Å². The van der Waals surface area contributed by atoms with Gasteiger partial charge in [0, 0.05) is 10.6 Å². The van der Waals surface area contributed by atoms with Gasteiger partial charge in [0.15, 0.2) is 0 Å². The van der Waals surface area contributed by atoms with E-state index in [1.165, 1.54) is 6.21 Å². The minimum absolute atomic E-state index is 0.00937. The number of fused-ring (bicyclic) bond motifs is 1. The van der Waals surface area contributed by atoms with Crippen LogP contribution in [0.4, 0.5) is 0 Å². The number of halogens is 1. The molecule has 0 aliphatic heterocycles. The van der Waals surface area contributed by atoms with Crippen molar-refractivity contribution in [2.75, 3.05) is 0 Å². The highest BCUT2D eigenvalue weighted by atomic mass is 35.5. The molecule has 0 radical (unpaired) electrons. The van der Waals surface area contributed by atoms with Crippen LogP contribution in [-0.2, 0) is 0 Å². The van der Waals surface area contributed by atoms with E-state index in [2.05, 4.69) is 10.1 Å². The fourth-order valence-electron chi connectivity index (χ4n) is 2.41. The van der Waals surface area contributed by atoms with E-state index in [1.54, 1.807) is 42.5 Å². The first-order chi connectivity index (χ1) is 12.5. The molecule has 0 bridgehead atoms. The van der Waals surface area contributed by atoms with Gasteiger partial charge in [0.25, 0.3) is 5.56 Å². The number of nitrogens with one attached hydrogen (secondary N) is 1. The average Bonchev–Trinajstić information content (AvgIpc) is 2.63. The van der Waals surface area contributed by atoms with E-state index in [9.17, 15) is 9.59 Å². The molecule has 1 aromatic heterocycles. The Morgan fingerprint density at radius 1 is 1.27 bits per heavy atom. The summed E-state index contributed by atoms with van der Waals surface area (Å²) in [7, 11) is 0. The summed E-state index contributed by atoms with van der Waals surface area (Å²) >= 11 is 6.06. The van der Waals surface area contributed by atoms with Crippen molar-refractivity contribution in [1.82, 2.24) is 9.66 Å². The van der Waals surface area contributed by atoms with E-state index in [0.717, 1.165) is 11.1 Å². The molecule has 0 aliphatic rings. The summed E-state index contributed by atoms with van der Waals surface area (Å²) in [5, 5.41) is 4.94. The lowest BCUT2D eigenvalue weighted by Crippen LogP contribution is -2.32. The van der Waals surface area contributed by atoms with Crippen LogP contribution in [0.15, 0.2) is 57.2 Å². The lowest BCUT2D eigenvalue weighted by molar-refractivity contribution is 0.217. The standard InChI is InChI=1S/C19H18ClN3O3/c1-3-12(2)26-17-9-8-14(20)10-13(17)11-21-23-18(24)15-6-4-5-7-16(15)22-19(23)25/h4-12H,3H2,1-2H3,(H,22,25). The molecule has 3 rings (SSSR count). The van der Waals surface area contributed by atoms with Crippen LogP contribution in [-0.4, -0.2) is 22.0 Å². The van der Waals surface area contributed by atoms with Crippen LogP contribution in [0.2, 0.25) is 5.02 Å². The molecule has 1 heterocycles. The first-order valence-electron chi connectivity index (χ1n) is 8.24. The molecular weight excluding hydrogens is 354 g/mol. The second-order valence-electron chi connectivity index (χ2n) is 5.86. The monoisotopic (exact) mass is 371 g/mol. The van der Waals surface area contributed by atoms with Crippen molar-refractivity contribution in [3.63, 3.8) is 0 Å². The summed E-state index contributed by atoms with van der Waals surface area (Å²) in [5.41, 5.74) is -0.0573. The van der Waals surface area contributed by atoms with Crippen molar-refractivity contribution in [3.05, 3.63) is 73.9 Å².